The van der Waals surface area contributed by atoms with Crippen LogP contribution >= 0.6 is 0 Å². The van der Waals surface area contributed by atoms with Gasteiger partial charge in [0, 0.05) is 17.3 Å². The molecule has 0 saturated heterocycles. The molecule has 4 nitrogen and oxygen atoms in total. The Morgan fingerprint density at radius 3 is 2.55 bits per heavy atom. The smallest absolute Gasteiger partial charge is 0.125 e. The van der Waals surface area contributed by atoms with Crippen LogP contribution in [0.15, 0.2) is 18.2 Å². The van der Waals surface area contributed by atoms with Gasteiger partial charge in [-0.15, -0.1) is 0 Å². The van der Waals surface area contributed by atoms with Crippen LogP contribution in [0.2, 0.25) is 0 Å². The van der Waals surface area contributed by atoms with Gasteiger partial charge in [-0.05, 0) is 44.9 Å². The molecule has 0 saturated carbocycles. The first kappa shape index (κ1) is 14.6. The molecule has 2 N–H and O–H groups in total. The largest absolute Gasteiger partial charge is 0.496 e. The summed E-state index contributed by atoms with van der Waals surface area (Å²) in [6.45, 7) is 8.27. The van der Waals surface area contributed by atoms with E-state index in [1.165, 1.54) is 11.3 Å². The zero-order chi connectivity index (χ0) is 14.9. The quantitative estimate of drug-likeness (QED) is 0.931. The van der Waals surface area contributed by atoms with Crippen LogP contribution in [0, 0.1) is 13.8 Å². The molecule has 0 unspecified atom stereocenters. The van der Waals surface area contributed by atoms with Gasteiger partial charge in [-0.2, -0.15) is 5.10 Å². The van der Waals surface area contributed by atoms with E-state index < -0.39 is 0 Å². The highest BCUT2D eigenvalue weighted by Gasteiger charge is 2.18. The van der Waals surface area contributed by atoms with E-state index in [4.69, 9.17) is 10.5 Å². The minimum atomic E-state index is -0.116. The summed E-state index contributed by atoms with van der Waals surface area (Å²) in [5.41, 5.74) is 11.7. The molecule has 0 amide bonds. The summed E-state index contributed by atoms with van der Waals surface area (Å²) in [7, 11) is 1.67. The molecule has 0 aliphatic carbocycles. The van der Waals surface area contributed by atoms with Gasteiger partial charge in [0.05, 0.1) is 18.5 Å². The summed E-state index contributed by atoms with van der Waals surface area (Å²) < 4.78 is 7.43. The third-order valence-corrected chi connectivity index (χ3v) is 3.74. The number of ether oxygens (including phenoxy) is 1. The van der Waals surface area contributed by atoms with Crippen molar-refractivity contribution < 1.29 is 4.74 Å². The van der Waals surface area contributed by atoms with E-state index >= 15 is 0 Å². The van der Waals surface area contributed by atoms with Crippen molar-refractivity contribution in [3.63, 3.8) is 0 Å². The molecule has 108 valence electrons. The molecular weight excluding hydrogens is 250 g/mol. The molecule has 2 aromatic rings. The van der Waals surface area contributed by atoms with E-state index in [-0.39, 0.29) is 6.04 Å². The second-order valence-corrected chi connectivity index (χ2v) is 5.10. The summed E-state index contributed by atoms with van der Waals surface area (Å²) in [6.07, 6.45) is 0.981. The van der Waals surface area contributed by atoms with E-state index in [1.54, 1.807) is 7.11 Å². The lowest BCUT2D eigenvalue weighted by Crippen LogP contribution is -2.13. The molecule has 1 atom stereocenters. The second kappa shape index (κ2) is 5.67. The number of benzene rings is 1. The molecule has 1 aromatic heterocycles. The average Bonchev–Trinajstić information content (AvgIpc) is 2.72. The highest BCUT2D eigenvalue weighted by atomic mass is 16.5. The Hall–Kier alpha value is -1.81. The normalized spacial score (nSPS) is 12.5. The zero-order valence-corrected chi connectivity index (χ0v) is 12.9. The maximum absolute atomic E-state index is 6.13. The highest BCUT2D eigenvalue weighted by Crippen LogP contribution is 2.31. The van der Waals surface area contributed by atoms with E-state index in [0.29, 0.717) is 0 Å². The number of methoxy groups -OCH3 is 1. The summed E-state index contributed by atoms with van der Waals surface area (Å²) >= 11 is 0. The van der Waals surface area contributed by atoms with Crippen molar-refractivity contribution in [3.05, 3.63) is 40.7 Å². The van der Waals surface area contributed by atoms with Crippen LogP contribution in [0.3, 0.4) is 0 Å². The number of hydrogen-bond donors (Lipinski definition) is 1. The molecule has 20 heavy (non-hydrogen) atoms. The van der Waals surface area contributed by atoms with Crippen LogP contribution in [-0.4, -0.2) is 16.9 Å². The van der Waals surface area contributed by atoms with Crippen LogP contribution in [-0.2, 0) is 6.42 Å². The van der Waals surface area contributed by atoms with Gasteiger partial charge in [0.1, 0.15) is 5.75 Å². The average molecular weight is 273 g/mol. The maximum atomic E-state index is 6.13. The predicted molar refractivity (Wildman–Crippen MR) is 81.6 cm³/mol. The fourth-order valence-corrected chi connectivity index (χ4v) is 2.77. The lowest BCUT2D eigenvalue weighted by atomic mass is 10.0. The fraction of sp³-hybridized carbons (Fsp3) is 0.438. The molecule has 1 heterocycles. The van der Waals surface area contributed by atoms with E-state index in [0.717, 1.165) is 29.1 Å². The first-order valence-electron chi connectivity index (χ1n) is 6.99. The lowest BCUT2D eigenvalue weighted by Gasteiger charge is -2.17. The third kappa shape index (κ3) is 2.31. The molecule has 0 aliphatic heterocycles. The topological polar surface area (TPSA) is 53.1 Å². The molecular formula is C16H23N3O. The summed E-state index contributed by atoms with van der Waals surface area (Å²) in [5.74, 6) is 0.808. The van der Waals surface area contributed by atoms with Gasteiger partial charge in [0.25, 0.3) is 0 Å². The van der Waals surface area contributed by atoms with Crippen molar-refractivity contribution in [3.8, 4) is 11.4 Å². The molecule has 2 rings (SSSR count). The summed E-state index contributed by atoms with van der Waals surface area (Å²) in [6, 6.07) is 5.84. The van der Waals surface area contributed by atoms with Crippen LogP contribution in [0.1, 0.15) is 42.4 Å². The van der Waals surface area contributed by atoms with Gasteiger partial charge >= 0.3 is 0 Å². The molecule has 0 bridgehead atoms. The molecule has 0 aliphatic rings. The number of aryl methyl sites for hydroxylation is 1. The van der Waals surface area contributed by atoms with Crippen molar-refractivity contribution in [2.24, 2.45) is 5.73 Å². The number of aromatic nitrogens is 2. The number of nitrogens with zero attached hydrogens (tertiary/aromatic N) is 2. The SMILES string of the molecule is CCc1c(C)nn(-c2cccc(OC)c2[C@@H](C)N)c1C. The van der Waals surface area contributed by atoms with Gasteiger partial charge in [0.15, 0.2) is 0 Å². The molecule has 0 fully saturated rings. The highest BCUT2D eigenvalue weighted by molar-refractivity contribution is 5.52. The monoisotopic (exact) mass is 273 g/mol. The molecule has 0 spiro atoms. The first-order valence-corrected chi connectivity index (χ1v) is 6.99. The van der Waals surface area contributed by atoms with Crippen molar-refractivity contribution in [1.29, 1.82) is 0 Å². The van der Waals surface area contributed by atoms with Crippen LogP contribution in [0.5, 0.6) is 5.75 Å². The zero-order valence-electron chi connectivity index (χ0n) is 12.9. The van der Waals surface area contributed by atoms with E-state index in [2.05, 4.69) is 18.9 Å². The van der Waals surface area contributed by atoms with Crippen LogP contribution in [0.25, 0.3) is 5.69 Å². The second-order valence-electron chi connectivity index (χ2n) is 5.10. The van der Waals surface area contributed by atoms with E-state index in [1.807, 2.05) is 36.7 Å². The molecule has 4 heteroatoms. The number of nitrogens with two attached hydrogens (primary N) is 1. The van der Waals surface area contributed by atoms with Gasteiger partial charge in [-0.25, -0.2) is 4.68 Å². The molecule has 0 radical (unpaired) electrons. The van der Waals surface area contributed by atoms with Crippen molar-refractivity contribution in [2.75, 3.05) is 7.11 Å². The minimum Gasteiger partial charge on any atom is -0.496 e. The Morgan fingerprint density at radius 2 is 2.05 bits per heavy atom. The Morgan fingerprint density at radius 1 is 1.35 bits per heavy atom. The lowest BCUT2D eigenvalue weighted by molar-refractivity contribution is 0.406. The maximum Gasteiger partial charge on any atom is 0.125 e. The number of rotatable bonds is 4. The Bertz CT molecular complexity index is 614. The van der Waals surface area contributed by atoms with Crippen molar-refractivity contribution in [2.45, 2.75) is 40.2 Å². The third-order valence-electron chi connectivity index (χ3n) is 3.74. The standard InChI is InChI=1S/C16H23N3O/c1-6-13-11(3)18-19(12(13)4)14-8-7-9-15(20-5)16(14)10(2)17/h7-10H,6,17H2,1-5H3/t10-/m1/s1. The Labute approximate surface area is 120 Å². The van der Waals surface area contributed by atoms with Gasteiger partial charge in [-0.3, -0.25) is 0 Å². The van der Waals surface area contributed by atoms with Gasteiger partial charge < -0.3 is 10.5 Å². The summed E-state index contributed by atoms with van der Waals surface area (Å²) in [4.78, 5) is 0. The van der Waals surface area contributed by atoms with Gasteiger partial charge in [-0.1, -0.05) is 13.0 Å². The fourth-order valence-electron chi connectivity index (χ4n) is 2.77. The van der Waals surface area contributed by atoms with Crippen LogP contribution in [0.4, 0.5) is 0 Å². The Balaban J connectivity index is 2.70. The number of hydrogen-bond acceptors (Lipinski definition) is 3. The van der Waals surface area contributed by atoms with Crippen LogP contribution < -0.4 is 10.5 Å². The minimum absolute atomic E-state index is 0.116. The van der Waals surface area contributed by atoms with Crippen molar-refractivity contribution >= 4 is 0 Å². The summed E-state index contributed by atoms with van der Waals surface area (Å²) in [5, 5.41) is 4.68. The predicted octanol–water partition coefficient (Wildman–Crippen LogP) is 3.08. The van der Waals surface area contributed by atoms with Crippen molar-refractivity contribution in [1.82, 2.24) is 9.78 Å². The van der Waals surface area contributed by atoms with Gasteiger partial charge in [0.2, 0.25) is 0 Å². The Kier molecular flexibility index (Phi) is 4.14. The van der Waals surface area contributed by atoms with E-state index in [9.17, 15) is 0 Å². The molecule has 1 aromatic carbocycles. The first-order chi connectivity index (χ1) is 9.51.